The van der Waals surface area contributed by atoms with Crippen molar-refractivity contribution in [3.05, 3.63) is 114 Å². The minimum Gasteiger partial charge on any atom is -0.497 e. The largest absolute Gasteiger partial charge is 0.497 e. The molecule has 0 aromatic heterocycles. The van der Waals surface area contributed by atoms with Gasteiger partial charge in [0.2, 0.25) is 0 Å². The molecule has 0 bridgehead atoms. The summed E-state index contributed by atoms with van der Waals surface area (Å²) in [5.74, 6) is -1.21. The highest BCUT2D eigenvalue weighted by Crippen LogP contribution is 2.49. The summed E-state index contributed by atoms with van der Waals surface area (Å²) >= 11 is 0. The normalized spacial score (nSPS) is 15.8. The first-order chi connectivity index (χ1) is 18.5. The van der Waals surface area contributed by atoms with Crippen molar-refractivity contribution in [3.8, 4) is 5.75 Å². The van der Waals surface area contributed by atoms with E-state index in [2.05, 4.69) is 36.4 Å². The predicted octanol–water partition coefficient (Wildman–Crippen LogP) is 5.65. The number of phenols is 1. The number of aliphatic hydroxyl groups is 2. The van der Waals surface area contributed by atoms with Gasteiger partial charge in [-0.15, -0.1) is 0 Å². The van der Waals surface area contributed by atoms with Crippen LogP contribution in [0.15, 0.2) is 66.7 Å². The fourth-order valence-corrected chi connectivity index (χ4v) is 5.12. The van der Waals surface area contributed by atoms with Crippen LogP contribution in [-0.4, -0.2) is 30.1 Å². The van der Waals surface area contributed by atoms with Crippen molar-refractivity contribution in [3.63, 3.8) is 0 Å². The van der Waals surface area contributed by atoms with Gasteiger partial charge in [-0.2, -0.15) is 0 Å². The second-order valence-electron chi connectivity index (χ2n) is 9.06. The van der Waals surface area contributed by atoms with Gasteiger partial charge in [0.25, 0.3) is 11.4 Å². The SMILES string of the molecule is Cc1ccc2cc3c(ccc4ccccc43)c3c2c1C(O)C3O.O=[N+]([O-])c1cc([N+](=O)[O-])c(O)c([N+](=O)[O-])c1. The molecule has 2 atom stereocenters. The summed E-state index contributed by atoms with van der Waals surface area (Å²) in [6.45, 7) is 1.99. The number of hydrogen-bond donors (Lipinski definition) is 3. The first kappa shape index (κ1) is 25.4. The van der Waals surface area contributed by atoms with Crippen LogP contribution in [0.2, 0.25) is 0 Å². The Labute approximate surface area is 218 Å². The Morgan fingerprint density at radius 2 is 1.26 bits per heavy atom. The van der Waals surface area contributed by atoms with E-state index in [0.717, 1.165) is 38.2 Å². The van der Waals surface area contributed by atoms with Crippen LogP contribution in [0, 0.1) is 37.3 Å². The molecule has 12 nitrogen and oxygen atoms in total. The molecule has 3 N–H and O–H groups in total. The second kappa shape index (κ2) is 9.28. The van der Waals surface area contributed by atoms with E-state index in [0.29, 0.717) is 12.1 Å². The molecule has 0 saturated carbocycles. The third-order valence-electron chi connectivity index (χ3n) is 6.88. The van der Waals surface area contributed by atoms with Crippen LogP contribution in [0.25, 0.3) is 32.3 Å². The number of fused-ring (bicyclic) bond motifs is 4. The number of nitro benzene ring substituents is 3. The van der Waals surface area contributed by atoms with E-state index in [-0.39, 0.29) is 0 Å². The molecule has 0 amide bonds. The average molecular weight is 529 g/mol. The van der Waals surface area contributed by atoms with Crippen LogP contribution in [0.4, 0.5) is 17.1 Å². The summed E-state index contributed by atoms with van der Waals surface area (Å²) in [6, 6.07) is 19.6. The van der Waals surface area contributed by atoms with Crippen LogP contribution in [-0.2, 0) is 0 Å². The third kappa shape index (κ3) is 4.04. The molecule has 0 saturated heterocycles. The van der Waals surface area contributed by atoms with E-state index >= 15 is 0 Å². The van der Waals surface area contributed by atoms with Crippen LogP contribution < -0.4 is 0 Å². The molecule has 0 radical (unpaired) electrons. The van der Waals surface area contributed by atoms with E-state index in [9.17, 15) is 40.6 Å². The number of aliphatic hydroxyl groups excluding tert-OH is 2. The second-order valence-corrected chi connectivity index (χ2v) is 9.06. The molecule has 5 aromatic rings. The van der Waals surface area contributed by atoms with Gasteiger partial charge in [0.15, 0.2) is 0 Å². The maximum atomic E-state index is 10.7. The number of aromatic hydroxyl groups is 1. The Kier molecular flexibility index (Phi) is 6.05. The van der Waals surface area contributed by atoms with Crippen LogP contribution >= 0.6 is 0 Å². The van der Waals surface area contributed by atoms with Gasteiger partial charge in [0.1, 0.15) is 12.2 Å². The van der Waals surface area contributed by atoms with Gasteiger partial charge in [0.05, 0.1) is 26.9 Å². The highest BCUT2D eigenvalue weighted by molar-refractivity contribution is 6.15. The topological polar surface area (TPSA) is 190 Å². The highest BCUT2D eigenvalue weighted by Gasteiger charge is 2.34. The summed E-state index contributed by atoms with van der Waals surface area (Å²) in [5, 5.41) is 68.1. The molecule has 1 aliphatic carbocycles. The van der Waals surface area contributed by atoms with E-state index in [4.69, 9.17) is 5.11 Å². The Bertz CT molecular complexity index is 1830. The molecule has 1 aliphatic rings. The smallest absolute Gasteiger partial charge is 0.324 e. The molecule has 5 aromatic carbocycles. The molecule has 0 aliphatic heterocycles. The zero-order chi connectivity index (χ0) is 28.2. The summed E-state index contributed by atoms with van der Waals surface area (Å²) in [5.41, 5.74) is -0.226. The molecule has 2 unspecified atom stereocenters. The van der Waals surface area contributed by atoms with Crippen molar-refractivity contribution >= 4 is 49.4 Å². The Hall–Kier alpha value is -5.20. The Balaban J connectivity index is 0.000000171. The molecule has 39 heavy (non-hydrogen) atoms. The third-order valence-corrected chi connectivity index (χ3v) is 6.88. The van der Waals surface area contributed by atoms with Crippen molar-refractivity contribution < 1.29 is 30.1 Å². The number of non-ortho nitro benzene ring substituents is 1. The first-order valence-electron chi connectivity index (χ1n) is 11.5. The van der Waals surface area contributed by atoms with Gasteiger partial charge in [-0.1, -0.05) is 48.5 Å². The summed E-state index contributed by atoms with van der Waals surface area (Å²) in [6.07, 6.45) is -1.70. The number of hydrogen-bond acceptors (Lipinski definition) is 9. The molecular formula is C27H19N3O9. The highest BCUT2D eigenvalue weighted by atomic mass is 16.6. The standard InChI is InChI=1S/C21H16O2.C6H3N3O7/c1-11-6-7-13-10-16-14-5-3-2-4-12(14)8-9-15(16)19-18(13)17(11)20(22)21(19)23;10-6-4(8(13)14)1-3(7(11)12)2-5(6)9(15)16/h2-10,20-23H,1H3;1-2,10H. The van der Waals surface area contributed by atoms with Crippen molar-refractivity contribution in [2.75, 3.05) is 0 Å². The number of nitrogens with zero attached hydrogens (tertiary/aromatic N) is 3. The Morgan fingerprint density at radius 1 is 0.667 bits per heavy atom. The summed E-state index contributed by atoms with van der Waals surface area (Å²) in [7, 11) is 0. The molecule has 0 heterocycles. The zero-order valence-corrected chi connectivity index (χ0v) is 20.1. The number of nitro groups is 3. The zero-order valence-electron chi connectivity index (χ0n) is 20.1. The molecule has 6 rings (SSSR count). The van der Waals surface area contributed by atoms with Crippen LogP contribution in [0.1, 0.15) is 28.9 Å². The van der Waals surface area contributed by atoms with Crippen molar-refractivity contribution in [1.82, 2.24) is 0 Å². The van der Waals surface area contributed by atoms with Gasteiger partial charge < -0.3 is 15.3 Å². The fraction of sp³-hybridized carbons (Fsp3) is 0.111. The van der Waals surface area contributed by atoms with Gasteiger partial charge in [-0.3, -0.25) is 30.3 Å². The quantitative estimate of drug-likeness (QED) is 0.115. The van der Waals surface area contributed by atoms with Gasteiger partial charge in [-0.05, 0) is 62.0 Å². The summed E-state index contributed by atoms with van der Waals surface area (Å²) in [4.78, 5) is 27.8. The number of benzene rings is 5. The predicted molar refractivity (Wildman–Crippen MR) is 142 cm³/mol. The summed E-state index contributed by atoms with van der Waals surface area (Å²) < 4.78 is 0. The monoisotopic (exact) mass is 529 g/mol. The van der Waals surface area contributed by atoms with Crippen molar-refractivity contribution in [2.24, 2.45) is 0 Å². The van der Waals surface area contributed by atoms with E-state index in [1.54, 1.807) is 0 Å². The number of rotatable bonds is 3. The lowest BCUT2D eigenvalue weighted by atomic mass is 9.93. The maximum Gasteiger partial charge on any atom is 0.324 e. The lowest BCUT2D eigenvalue weighted by Gasteiger charge is -2.13. The fourth-order valence-electron chi connectivity index (χ4n) is 5.12. The average Bonchev–Trinajstić information content (AvgIpc) is 3.17. The van der Waals surface area contributed by atoms with Crippen LogP contribution in [0.3, 0.4) is 0 Å². The Morgan fingerprint density at radius 3 is 1.87 bits per heavy atom. The van der Waals surface area contributed by atoms with Gasteiger partial charge >= 0.3 is 11.4 Å². The van der Waals surface area contributed by atoms with E-state index < -0.39 is 49.8 Å². The molecular weight excluding hydrogens is 510 g/mol. The number of aryl methyl sites for hydroxylation is 1. The lowest BCUT2D eigenvalue weighted by Crippen LogP contribution is -2.04. The molecule has 196 valence electrons. The van der Waals surface area contributed by atoms with Crippen LogP contribution in [0.5, 0.6) is 5.75 Å². The number of phenolic OH excluding ortho intramolecular Hbond substituents is 1. The van der Waals surface area contributed by atoms with E-state index in [1.807, 2.05) is 25.1 Å². The minimum atomic E-state index is -1.21. The van der Waals surface area contributed by atoms with Gasteiger partial charge in [-0.25, -0.2) is 0 Å². The minimum absolute atomic E-state index is 0.447. The maximum absolute atomic E-state index is 10.7. The molecule has 0 spiro atoms. The van der Waals surface area contributed by atoms with Gasteiger partial charge in [0, 0.05) is 0 Å². The first-order valence-corrected chi connectivity index (χ1v) is 11.5. The lowest BCUT2D eigenvalue weighted by molar-refractivity contribution is -0.404. The van der Waals surface area contributed by atoms with Crippen molar-refractivity contribution in [2.45, 2.75) is 19.1 Å². The molecule has 12 heteroatoms. The molecule has 0 fully saturated rings. The van der Waals surface area contributed by atoms with E-state index in [1.165, 1.54) is 10.8 Å². The van der Waals surface area contributed by atoms with Crippen molar-refractivity contribution in [1.29, 1.82) is 0 Å².